The number of benzene rings is 2. The van der Waals surface area contributed by atoms with Crippen molar-refractivity contribution in [1.82, 2.24) is 10.2 Å². The van der Waals surface area contributed by atoms with Crippen molar-refractivity contribution in [1.29, 1.82) is 0 Å². The van der Waals surface area contributed by atoms with Crippen molar-refractivity contribution in [2.75, 3.05) is 5.75 Å². The van der Waals surface area contributed by atoms with Crippen molar-refractivity contribution in [3.05, 3.63) is 64.4 Å². The van der Waals surface area contributed by atoms with E-state index in [9.17, 15) is 9.18 Å². The van der Waals surface area contributed by atoms with Gasteiger partial charge in [0.15, 0.2) is 5.78 Å². The van der Waals surface area contributed by atoms with Gasteiger partial charge in [-0.2, -0.15) is 0 Å². The Hall–Kier alpha value is -1.99. The molecule has 0 N–H and O–H groups in total. The highest BCUT2D eigenvalue weighted by atomic mass is 79.9. The van der Waals surface area contributed by atoms with Crippen LogP contribution in [0.2, 0.25) is 0 Å². The number of carbonyl (C=O) groups excluding carboxylic acids is 1. The van der Waals surface area contributed by atoms with E-state index in [0.717, 1.165) is 4.47 Å². The molecule has 0 fully saturated rings. The quantitative estimate of drug-likeness (QED) is 0.468. The topological polar surface area (TPSA) is 56.0 Å². The summed E-state index contributed by atoms with van der Waals surface area (Å²) in [6.07, 6.45) is 0. The fourth-order valence-corrected chi connectivity index (χ4v) is 2.75. The van der Waals surface area contributed by atoms with Gasteiger partial charge in [-0.3, -0.25) is 4.79 Å². The monoisotopic (exact) mass is 392 g/mol. The van der Waals surface area contributed by atoms with Gasteiger partial charge in [-0.25, -0.2) is 4.39 Å². The number of aromatic nitrogens is 2. The van der Waals surface area contributed by atoms with Gasteiger partial charge in [-0.05, 0) is 36.4 Å². The zero-order valence-corrected chi connectivity index (χ0v) is 14.1. The molecule has 0 aliphatic carbocycles. The number of hydrogen-bond acceptors (Lipinski definition) is 5. The molecule has 4 nitrogen and oxygen atoms in total. The van der Waals surface area contributed by atoms with E-state index in [1.54, 1.807) is 24.3 Å². The number of ketones is 1. The summed E-state index contributed by atoms with van der Waals surface area (Å²) in [4.78, 5) is 12.1. The zero-order chi connectivity index (χ0) is 16.2. The van der Waals surface area contributed by atoms with Crippen LogP contribution in [0.4, 0.5) is 4.39 Å². The molecular weight excluding hydrogens is 383 g/mol. The van der Waals surface area contributed by atoms with Crippen LogP contribution in [0.15, 0.2) is 62.6 Å². The van der Waals surface area contributed by atoms with Crippen LogP contribution in [0.3, 0.4) is 0 Å². The van der Waals surface area contributed by atoms with E-state index >= 15 is 0 Å². The highest BCUT2D eigenvalue weighted by Crippen LogP contribution is 2.24. The van der Waals surface area contributed by atoms with Crippen LogP contribution in [0.5, 0.6) is 0 Å². The van der Waals surface area contributed by atoms with E-state index in [2.05, 4.69) is 26.1 Å². The maximum Gasteiger partial charge on any atom is 0.277 e. The fourth-order valence-electron chi connectivity index (χ4n) is 1.82. The van der Waals surface area contributed by atoms with Gasteiger partial charge in [0.2, 0.25) is 5.89 Å². The SMILES string of the molecule is O=C(CSc1nnc(-c2ccc(F)cc2)o1)c1ccc(Br)cc1. The molecule has 0 aliphatic heterocycles. The molecule has 7 heteroatoms. The Morgan fingerprint density at radius 3 is 2.48 bits per heavy atom. The van der Waals surface area contributed by atoms with Gasteiger partial charge < -0.3 is 4.42 Å². The number of hydrogen-bond donors (Lipinski definition) is 0. The van der Waals surface area contributed by atoms with Gasteiger partial charge in [-0.1, -0.05) is 39.8 Å². The Morgan fingerprint density at radius 1 is 1.09 bits per heavy atom. The molecule has 0 amide bonds. The van der Waals surface area contributed by atoms with Gasteiger partial charge in [-0.15, -0.1) is 10.2 Å². The lowest BCUT2D eigenvalue weighted by Gasteiger charge is -1.99. The molecule has 116 valence electrons. The average Bonchev–Trinajstić information content (AvgIpc) is 3.03. The lowest BCUT2D eigenvalue weighted by Crippen LogP contribution is -2.01. The van der Waals surface area contributed by atoms with Crippen LogP contribution < -0.4 is 0 Å². The summed E-state index contributed by atoms with van der Waals surface area (Å²) in [5.41, 5.74) is 1.25. The molecule has 0 bridgehead atoms. The van der Waals surface area contributed by atoms with Crippen LogP contribution in [0, 0.1) is 5.82 Å². The summed E-state index contributed by atoms with van der Waals surface area (Å²) < 4.78 is 19.3. The Morgan fingerprint density at radius 2 is 1.78 bits per heavy atom. The van der Waals surface area contributed by atoms with Crippen molar-refractivity contribution >= 4 is 33.5 Å². The van der Waals surface area contributed by atoms with Crippen LogP contribution in [-0.2, 0) is 0 Å². The minimum absolute atomic E-state index is 0.0240. The number of rotatable bonds is 5. The van der Waals surface area contributed by atoms with Crippen molar-refractivity contribution < 1.29 is 13.6 Å². The predicted octanol–water partition coefficient (Wildman–Crippen LogP) is 4.61. The molecule has 0 spiro atoms. The van der Waals surface area contributed by atoms with E-state index < -0.39 is 0 Å². The number of thioether (sulfide) groups is 1. The summed E-state index contributed by atoms with van der Waals surface area (Å²) in [6.45, 7) is 0. The van der Waals surface area contributed by atoms with Gasteiger partial charge in [0.25, 0.3) is 5.22 Å². The number of halogens is 2. The van der Waals surface area contributed by atoms with Crippen LogP contribution >= 0.6 is 27.7 Å². The van der Waals surface area contributed by atoms with Gasteiger partial charge >= 0.3 is 0 Å². The van der Waals surface area contributed by atoms with E-state index in [1.165, 1.54) is 23.9 Å². The van der Waals surface area contributed by atoms with Crippen molar-refractivity contribution in [2.45, 2.75) is 5.22 Å². The first-order valence-electron chi connectivity index (χ1n) is 6.63. The van der Waals surface area contributed by atoms with Crippen LogP contribution in [-0.4, -0.2) is 21.7 Å². The van der Waals surface area contributed by atoms with Gasteiger partial charge in [0.05, 0.1) is 5.75 Å². The summed E-state index contributed by atoms with van der Waals surface area (Å²) >= 11 is 4.50. The third kappa shape index (κ3) is 4.05. The largest absolute Gasteiger partial charge is 0.411 e. The molecule has 1 heterocycles. The third-order valence-corrected chi connectivity index (χ3v) is 4.34. The second-order valence-electron chi connectivity index (χ2n) is 4.60. The Bertz CT molecular complexity index is 819. The number of nitrogens with zero attached hydrogens (tertiary/aromatic N) is 2. The standard InChI is InChI=1S/C16H10BrFN2O2S/c17-12-5-1-10(2-6-12)14(21)9-23-16-20-19-15(22-16)11-3-7-13(18)8-4-11/h1-8H,9H2. The molecule has 0 aliphatic rings. The first kappa shape index (κ1) is 15.9. The van der Waals surface area contributed by atoms with Crippen LogP contribution in [0.1, 0.15) is 10.4 Å². The molecule has 0 unspecified atom stereocenters. The minimum Gasteiger partial charge on any atom is -0.411 e. The Balaban J connectivity index is 1.64. The third-order valence-electron chi connectivity index (χ3n) is 2.99. The highest BCUT2D eigenvalue weighted by Gasteiger charge is 2.12. The average molecular weight is 393 g/mol. The first-order chi connectivity index (χ1) is 11.1. The second-order valence-corrected chi connectivity index (χ2v) is 6.44. The molecule has 0 saturated carbocycles. The molecule has 0 saturated heterocycles. The summed E-state index contributed by atoms with van der Waals surface area (Å²) in [5.74, 6) is 0.141. The zero-order valence-electron chi connectivity index (χ0n) is 11.7. The molecule has 0 atom stereocenters. The number of Topliss-reactive ketones (excluding diaryl/α,β-unsaturated/α-hetero) is 1. The second kappa shape index (κ2) is 7.06. The van der Waals surface area contributed by atoms with E-state index in [-0.39, 0.29) is 17.4 Å². The molecule has 3 rings (SSSR count). The molecule has 1 aromatic heterocycles. The fraction of sp³-hybridized carbons (Fsp3) is 0.0625. The van der Waals surface area contributed by atoms with E-state index in [4.69, 9.17) is 4.42 Å². The van der Waals surface area contributed by atoms with Crippen molar-refractivity contribution in [2.24, 2.45) is 0 Å². The summed E-state index contributed by atoms with van der Waals surface area (Å²) in [5, 5.41) is 8.09. The van der Waals surface area contributed by atoms with Crippen LogP contribution in [0.25, 0.3) is 11.5 Å². The maximum atomic E-state index is 12.9. The lowest BCUT2D eigenvalue weighted by molar-refractivity contribution is 0.102. The maximum absolute atomic E-state index is 12.9. The Labute approximate surface area is 144 Å². The van der Waals surface area contributed by atoms with Crippen molar-refractivity contribution in [3.63, 3.8) is 0 Å². The van der Waals surface area contributed by atoms with E-state index in [1.807, 2.05) is 12.1 Å². The summed E-state index contributed by atoms with van der Waals surface area (Å²) in [7, 11) is 0. The highest BCUT2D eigenvalue weighted by molar-refractivity contribution is 9.10. The first-order valence-corrected chi connectivity index (χ1v) is 8.41. The molecular formula is C16H10BrFN2O2S. The van der Waals surface area contributed by atoms with E-state index in [0.29, 0.717) is 22.2 Å². The predicted molar refractivity (Wildman–Crippen MR) is 88.9 cm³/mol. The van der Waals surface area contributed by atoms with Gasteiger partial charge in [0, 0.05) is 15.6 Å². The van der Waals surface area contributed by atoms with Gasteiger partial charge in [0.1, 0.15) is 5.82 Å². The smallest absolute Gasteiger partial charge is 0.277 e. The Kier molecular flexibility index (Phi) is 4.88. The molecule has 23 heavy (non-hydrogen) atoms. The number of carbonyl (C=O) groups is 1. The lowest BCUT2D eigenvalue weighted by atomic mass is 10.2. The summed E-state index contributed by atoms with van der Waals surface area (Å²) in [6, 6.07) is 12.9. The molecule has 2 aromatic carbocycles. The molecule has 0 radical (unpaired) electrons. The minimum atomic E-state index is -0.331. The molecule has 3 aromatic rings. The van der Waals surface area contributed by atoms with Crippen molar-refractivity contribution in [3.8, 4) is 11.5 Å². The normalized spacial score (nSPS) is 10.7.